The number of hydrogen-bond acceptors (Lipinski definition) is 3. The number of benzene rings is 1. The van der Waals surface area contributed by atoms with E-state index in [4.69, 9.17) is 4.74 Å². The minimum absolute atomic E-state index is 0.411. The zero-order chi connectivity index (χ0) is 14.7. The quantitative estimate of drug-likeness (QED) is 0.843. The molecule has 0 atom stereocenters. The molecule has 0 saturated heterocycles. The van der Waals surface area contributed by atoms with Gasteiger partial charge in [0, 0.05) is 19.7 Å². The standard InChI is InChI=1S/C18H22N2O/c1-20(2)15-9-12-18(19-13-15)14-7-10-17(11-8-14)21-16-5-3-4-6-16/h7-13,16H,3-6H2,1-2H3. The molecule has 3 nitrogen and oxygen atoms in total. The maximum Gasteiger partial charge on any atom is 0.119 e. The van der Waals surface area contributed by atoms with Crippen molar-refractivity contribution < 1.29 is 4.74 Å². The van der Waals surface area contributed by atoms with Crippen molar-refractivity contribution in [3.05, 3.63) is 42.6 Å². The molecular weight excluding hydrogens is 260 g/mol. The van der Waals surface area contributed by atoms with Gasteiger partial charge in [0.05, 0.1) is 23.7 Å². The van der Waals surface area contributed by atoms with Crippen LogP contribution in [0.4, 0.5) is 5.69 Å². The summed E-state index contributed by atoms with van der Waals surface area (Å²) >= 11 is 0. The Morgan fingerprint density at radius 3 is 2.29 bits per heavy atom. The molecule has 110 valence electrons. The van der Waals surface area contributed by atoms with Crippen molar-refractivity contribution in [2.75, 3.05) is 19.0 Å². The van der Waals surface area contributed by atoms with Gasteiger partial charge in [-0.05, 0) is 62.1 Å². The van der Waals surface area contributed by atoms with Gasteiger partial charge in [-0.3, -0.25) is 4.98 Å². The summed E-state index contributed by atoms with van der Waals surface area (Å²) < 4.78 is 5.99. The van der Waals surface area contributed by atoms with E-state index in [-0.39, 0.29) is 0 Å². The van der Waals surface area contributed by atoms with Gasteiger partial charge >= 0.3 is 0 Å². The molecule has 1 aromatic carbocycles. The summed E-state index contributed by atoms with van der Waals surface area (Å²) in [6.07, 6.45) is 7.28. The summed E-state index contributed by atoms with van der Waals surface area (Å²) in [6, 6.07) is 12.4. The van der Waals surface area contributed by atoms with Crippen LogP contribution in [0.25, 0.3) is 11.3 Å². The van der Waals surface area contributed by atoms with E-state index in [1.165, 1.54) is 25.7 Å². The van der Waals surface area contributed by atoms with Crippen molar-refractivity contribution in [3.63, 3.8) is 0 Å². The minimum Gasteiger partial charge on any atom is -0.490 e. The summed E-state index contributed by atoms with van der Waals surface area (Å²) in [4.78, 5) is 6.57. The predicted molar refractivity (Wildman–Crippen MR) is 86.9 cm³/mol. The van der Waals surface area contributed by atoms with Crippen molar-refractivity contribution in [3.8, 4) is 17.0 Å². The molecule has 0 unspecified atom stereocenters. The molecule has 0 bridgehead atoms. The van der Waals surface area contributed by atoms with E-state index in [2.05, 4.69) is 46.3 Å². The Balaban J connectivity index is 1.70. The van der Waals surface area contributed by atoms with Crippen LogP contribution in [0.5, 0.6) is 5.75 Å². The molecule has 0 aliphatic heterocycles. The van der Waals surface area contributed by atoms with Gasteiger partial charge < -0.3 is 9.64 Å². The predicted octanol–water partition coefficient (Wildman–Crippen LogP) is 4.14. The minimum atomic E-state index is 0.411. The molecule has 0 spiro atoms. The van der Waals surface area contributed by atoms with E-state index < -0.39 is 0 Å². The molecule has 1 aromatic heterocycles. The van der Waals surface area contributed by atoms with Gasteiger partial charge in [0.15, 0.2) is 0 Å². The van der Waals surface area contributed by atoms with E-state index in [0.29, 0.717) is 6.10 Å². The van der Waals surface area contributed by atoms with Crippen LogP contribution < -0.4 is 9.64 Å². The van der Waals surface area contributed by atoms with Gasteiger partial charge in [0.1, 0.15) is 5.75 Å². The summed E-state index contributed by atoms with van der Waals surface area (Å²) in [5.74, 6) is 0.968. The molecule has 1 heterocycles. The van der Waals surface area contributed by atoms with Crippen molar-refractivity contribution in [2.45, 2.75) is 31.8 Å². The molecule has 21 heavy (non-hydrogen) atoms. The zero-order valence-electron chi connectivity index (χ0n) is 12.7. The monoisotopic (exact) mass is 282 g/mol. The molecule has 1 aliphatic carbocycles. The van der Waals surface area contributed by atoms with E-state index in [1.807, 2.05) is 20.3 Å². The highest BCUT2D eigenvalue weighted by atomic mass is 16.5. The van der Waals surface area contributed by atoms with Gasteiger partial charge in [-0.15, -0.1) is 0 Å². The first-order valence-corrected chi connectivity index (χ1v) is 7.63. The van der Waals surface area contributed by atoms with Crippen LogP contribution in [0, 0.1) is 0 Å². The van der Waals surface area contributed by atoms with Crippen LogP contribution in [0.2, 0.25) is 0 Å². The molecule has 1 aliphatic rings. The molecule has 3 rings (SSSR count). The Labute approximate surface area is 126 Å². The molecule has 2 aromatic rings. The Kier molecular flexibility index (Phi) is 4.09. The summed E-state index contributed by atoms with van der Waals surface area (Å²) in [5.41, 5.74) is 3.23. The van der Waals surface area contributed by atoms with E-state index in [1.54, 1.807) is 0 Å². The highest BCUT2D eigenvalue weighted by Gasteiger charge is 2.16. The maximum absolute atomic E-state index is 5.99. The van der Waals surface area contributed by atoms with Crippen molar-refractivity contribution in [1.29, 1.82) is 0 Å². The van der Waals surface area contributed by atoms with Crippen LogP contribution >= 0.6 is 0 Å². The number of nitrogens with zero attached hydrogens (tertiary/aromatic N) is 2. The summed E-state index contributed by atoms with van der Waals surface area (Å²) in [6.45, 7) is 0. The third-order valence-corrected chi connectivity index (χ3v) is 4.02. The number of pyridine rings is 1. The summed E-state index contributed by atoms with van der Waals surface area (Å²) in [7, 11) is 4.04. The van der Waals surface area contributed by atoms with Crippen LogP contribution in [-0.2, 0) is 0 Å². The Bertz CT molecular complexity index is 569. The molecule has 3 heteroatoms. The lowest BCUT2D eigenvalue weighted by Crippen LogP contribution is -2.10. The van der Waals surface area contributed by atoms with Crippen LogP contribution in [0.1, 0.15) is 25.7 Å². The number of ether oxygens (including phenoxy) is 1. The fourth-order valence-corrected chi connectivity index (χ4v) is 2.72. The van der Waals surface area contributed by atoms with Gasteiger partial charge in [-0.1, -0.05) is 0 Å². The third-order valence-electron chi connectivity index (χ3n) is 4.02. The molecule has 1 fully saturated rings. The van der Waals surface area contributed by atoms with Crippen molar-refractivity contribution in [2.24, 2.45) is 0 Å². The average molecular weight is 282 g/mol. The van der Waals surface area contributed by atoms with E-state index in [0.717, 1.165) is 22.7 Å². The second-order valence-electron chi connectivity index (χ2n) is 5.84. The van der Waals surface area contributed by atoms with Gasteiger partial charge in [-0.25, -0.2) is 0 Å². The molecule has 0 radical (unpaired) electrons. The number of anilines is 1. The smallest absolute Gasteiger partial charge is 0.119 e. The zero-order valence-corrected chi connectivity index (χ0v) is 12.7. The lowest BCUT2D eigenvalue weighted by Gasteiger charge is -2.14. The number of aromatic nitrogens is 1. The fourth-order valence-electron chi connectivity index (χ4n) is 2.72. The van der Waals surface area contributed by atoms with Crippen LogP contribution in [-0.4, -0.2) is 25.2 Å². The summed E-state index contributed by atoms with van der Waals surface area (Å²) in [5, 5.41) is 0. The lowest BCUT2D eigenvalue weighted by molar-refractivity contribution is 0.210. The second-order valence-corrected chi connectivity index (χ2v) is 5.84. The van der Waals surface area contributed by atoms with E-state index >= 15 is 0 Å². The van der Waals surface area contributed by atoms with Gasteiger partial charge in [-0.2, -0.15) is 0 Å². The first kappa shape index (κ1) is 13.9. The molecule has 1 saturated carbocycles. The van der Waals surface area contributed by atoms with Crippen molar-refractivity contribution in [1.82, 2.24) is 4.98 Å². The lowest BCUT2D eigenvalue weighted by atomic mass is 10.1. The number of rotatable bonds is 4. The Morgan fingerprint density at radius 2 is 1.71 bits per heavy atom. The Morgan fingerprint density at radius 1 is 1.00 bits per heavy atom. The largest absolute Gasteiger partial charge is 0.490 e. The first-order chi connectivity index (χ1) is 10.2. The van der Waals surface area contributed by atoms with E-state index in [9.17, 15) is 0 Å². The molecule has 0 amide bonds. The van der Waals surface area contributed by atoms with Crippen LogP contribution in [0.15, 0.2) is 42.6 Å². The highest BCUT2D eigenvalue weighted by molar-refractivity contribution is 5.62. The Hall–Kier alpha value is -2.03. The van der Waals surface area contributed by atoms with Crippen molar-refractivity contribution >= 4 is 5.69 Å². The number of hydrogen-bond donors (Lipinski definition) is 0. The normalized spacial score (nSPS) is 15.1. The SMILES string of the molecule is CN(C)c1ccc(-c2ccc(OC3CCCC3)cc2)nc1. The van der Waals surface area contributed by atoms with Crippen LogP contribution in [0.3, 0.4) is 0 Å². The fraction of sp³-hybridized carbons (Fsp3) is 0.389. The second kappa shape index (κ2) is 6.17. The van der Waals surface area contributed by atoms with Gasteiger partial charge in [0.25, 0.3) is 0 Å². The highest BCUT2D eigenvalue weighted by Crippen LogP contribution is 2.26. The first-order valence-electron chi connectivity index (χ1n) is 7.63. The topological polar surface area (TPSA) is 25.4 Å². The maximum atomic E-state index is 5.99. The molecule has 0 N–H and O–H groups in total. The molecular formula is C18H22N2O. The third kappa shape index (κ3) is 3.35. The van der Waals surface area contributed by atoms with Gasteiger partial charge in [0.2, 0.25) is 0 Å². The average Bonchev–Trinajstić information content (AvgIpc) is 3.01.